The number of fused-ring (bicyclic) bond motifs is 2. The highest BCUT2D eigenvalue weighted by molar-refractivity contribution is 5.95. The van der Waals surface area contributed by atoms with Crippen LogP contribution in [0.15, 0.2) is 47.1 Å². The first-order valence-corrected chi connectivity index (χ1v) is 9.98. The van der Waals surface area contributed by atoms with E-state index in [4.69, 9.17) is 9.15 Å². The maximum atomic E-state index is 12.7. The third-order valence-corrected chi connectivity index (χ3v) is 5.93. The quantitative estimate of drug-likeness (QED) is 0.832. The van der Waals surface area contributed by atoms with Crippen LogP contribution in [0.4, 0.5) is 0 Å². The van der Waals surface area contributed by atoms with Crippen molar-refractivity contribution < 1.29 is 18.7 Å². The third kappa shape index (κ3) is 3.56. The van der Waals surface area contributed by atoms with Crippen molar-refractivity contribution in [3.8, 4) is 0 Å². The Labute approximate surface area is 164 Å². The standard InChI is InChI=1S/C22H26N2O4/c1-2-18(24-21(26)19-8-5-13-27-19)20(25)23-16-9-11-22(12-10-16)17-7-4-3-6-15(17)14-28-22/h3-8,13,16,18H,2,9-12,14H2,1H3,(H,23,25)(H,24,26). The molecule has 2 heterocycles. The summed E-state index contributed by atoms with van der Waals surface area (Å²) in [6.07, 6.45) is 5.47. The molecule has 1 aliphatic heterocycles. The highest BCUT2D eigenvalue weighted by Crippen LogP contribution is 2.46. The number of rotatable bonds is 5. The maximum absolute atomic E-state index is 12.7. The lowest BCUT2D eigenvalue weighted by molar-refractivity contribution is -0.125. The van der Waals surface area contributed by atoms with Crippen LogP contribution < -0.4 is 10.6 Å². The Bertz CT molecular complexity index is 838. The summed E-state index contributed by atoms with van der Waals surface area (Å²) >= 11 is 0. The summed E-state index contributed by atoms with van der Waals surface area (Å²) in [5.74, 6) is -0.301. The molecule has 4 rings (SSSR count). The minimum Gasteiger partial charge on any atom is -0.459 e. The zero-order chi connectivity index (χ0) is 19.6. The van der Waals surface area contributed by atoms with E-state index in [0.29, 0.717) is 13.0 Å². The van der Waals surface area contributed by atoms with Crippen molar-refractivity contribution in [2.75, 3.05) is 0 Å². The molecule has 28 heavy (non-hydrogen) atoms. The van der Waals surface area contributed by atoms with Crippen LogP contribution in [0, 0.1) is 0 Å². The van der Waals surface area contributed by atoms with Crippen molar-refractivity contribution in [3.63, 3.8) is 0 Å². The number of carbonyl (C=O) groups excluding carboxylic acids is 2. The number of amides is 2. The fourth-order valence-electron chi connectivity index (χ4n) is 4.32. The summed E-state index contributed by atoms with van der Waals surface area (Å²) in [4.78, 5) is 24.8. The van der Waals surface area contributed by atoms with Gasteiger partial charge in [-0.15, -0.1) is 0 Å². The maximum Gasteiger partial charge on any atom is 0.287 e. The molecule has 0 saturated heterocycles. The van der Waals surface area contributed by atoms with Gasteiger partial charge in [0.2, 0.25) is 5.91 Å². The largest absolute Gasteiger partial charge is 0.459 e. The second kappa shape index (κ2) is 7.80. The predicted octanol–water partition coefficient (Wildman–Crippen LogP) is 3.27. The smallest absolute Gasteiger partial charge is 0.287 e. The first-order chi connectivity index (χ1) is 13.6. The Kier molecular flexibility index (Phi) is 5.22. The summed E-state index contributed by atoms with van der Waals surface area (Å²) in [6, 6.07) is 11.2. The normalized spacial score (nSPS) is 24.5. The molecule has 2 aromatic rings. The molecule has 1 saturated carbocycles. The van der Waals surface area contributed by atoms with E-state index in [-0.39, 0.29) is 29.2 Å². The van der Waals surface area contributed by atoms with Gasteiger partial charge >= 0.3 is 0 Å². The van der Waals surface area contributed by atoms with Crippen molar-refractivity contribution in [2.24, 2.45) is 0 Å². The van der Waals surface area contributed by atoms with Crippen LogP contribution >= 0.6 is 0 Å². The number of furan rings is 1. The summed E-state index contributed by atoms with van der Waals surface area (Å²) in [7, 11) is 0. The lowest BCUT2D eigenvalue weighted by Crippen LogP contribution is -2.50. The second-order valence-corrected chi connectivity index (χ2v) is 7.63. The van der Waals surface area contributed by atoms with E-state index in [0.717, 1.165) is 25.7 Å². The number of benzene rings is 1. The van der Waals surface area contributed by atoms with Gasteiger partial charge in [-0.3, -0.25) is 9.59 Å². The van der Waals surface area contributed by atoms with E-state index >= 15 is 0 Å². The molecule has 2 amide bonds. The zero-order valence-electron chi connectivity index (χ0n) is 16.1. The van der Waals surface area contributed by atoms with Gasteiger partial charge in [-0.25, -0.2) is 0 Å². The minimum absolute atomic E-state index is 0.101. The minimum atomic E-state index is -0.572. The van der Waals surface area contributed by atoms with Crippen molar-refractivity contribution in [1.29, 1.82) is 0 Å². The highest BCUT2D eigenvalue weighted by Gasteiger charge is 2.43. The molecule has 6 heteroatoms. The van der Waals surface area contributed by atoms with Gasteiger partial charge in [0.15, 0.2) is 5.76 Å². The van der Waals surface area contributed by atoms with Gasteiger partial charge in [-0.05, 0) is 55.4 Å². The second-order valence-electron chi connectivity index (χ2n) is 7.63. The Balaban J connectivity index is 1.33. The average molecular weight is 382 g/mol. The molecular formula is C22H26N2O4. The SMILES string of the molecule is CCC(NC(=O)c1ccco1)C(=O)NC1CCC2(CC1)OCc1ccccc12. The van der Waals surface area contributed by atoms with Crippen LogP contribution in [-0.4, -0.2) is 23.9 Å². The molecule has 1 aromatic heterocycles. The van der Waals surface area contributed by atoms with Crippen LogP contribution in [0.25, 0.3) is 0 Å². The Hall–Kier alpha value is -2.60. The molecule has 1 atom stereocenters. The summed E-state index contributed by atoms with van der Waals surface area (Å²) in [5, 5.41) is 5.86. The number of carbonyl (C=O) groups is 2. The number of ether oxygens (including phenoxy) is 1. The third-order valence-electron chi connectivity index (χ3n) is 5.93. The molecule has 0 radical (unpaired) electrons. The van der Waals surface area contributed by atoms with Gasteiger partial charge < -0.3 is 19.8 Å². The van der Waals surface area contributed by atoms with Gasteiger partial charge in [0, 0.05) is 6.04 Å². The lowest BCUT2D eigenvalue weighted by Gasteiger charge is -2.37. The van der Waals surface area contributed by atoms with Gasteiger partial charge in [0.1, 0.15) is 6.04 Å². The summed E-state index contributed by atoms with van der Waals surface area (Å²) < 4.78 is 11.3. The molecular weight excluding hydrogens is 356 g/mol. The number of hydrogen-bond acceptors (Lipinski definition) is 4. The summed E-state index contributed by atoms with van der Waals surface area (Å²) in [5.41, 5.74) is 2.38. The van der Waals surface area contributed by atoms with Crippen molar-refractivity contribution in [1.82, 2.24) is 10.6 Å². The van der Waals surface area contributed by atoms with Crippen molar-refractivity contribution in [2.45, 2.75) is 63.3 Å². The monoisotopic (exact) mass is 382 g/mol. The van der Waals surface area contributed by atoms with Crippen LogP contribution in [0.3, 0.4) is 0 Å². The molecule has 1 aromatic carbocycles. The topological polar surface area (TPSA) is 80.6 Å². The fraction of sp³-hybridized carbons (Fsp3) is 0.455. The van der Waals surface area contributed by atoms with Gasteiger partial charge in [0.05, 0.1) is 18.5 Å². The first kappa shape index (κ1) is 18.7. The molecule has 1 fully saturated rings. The predicted molar refractivity (Wildman–Crippen MR) is 104 cm³/mol. The first-order valence-electron chi connectivity index (χ1n) is 9.98. The number of nitrogens with one attached hydrogen (secondary N) is 2. The Morgan fingerprint density at radius 2 is 1.96 bits per heavy atom. The van der Waals surface area contributed by atoms with Crippen LogP contribution in [-0.2, 0) is 21.7 Å². The van der Waals surface area contributed by atoms with Gasteiger partial charge in [-0.1, -0.05) is 31.2 Å². The highest BCUT2D eigenvalue weighted by atomic mass is 16.5. The molecule has 2 N–H and O–H groups in total. The van der Waals surface area contributed by atoms with E-state index in [2.05, 4.69) is 34.9 Å². The average Bonchev–Trinajstić information content (AvgIpc) is 3.37. The van der Waals surface area contributed by atoms with Gasteiger partial charge in [0.25, 0.3) is 5.91 Å². The Morgan fingerprint density at radius 1 is 1.18 bits per heavy atom. The molecule has 2 aliphatic rings. The van der Waals surface area contributed by atoms with Crippen LogP contribution in [0.2, 0.25) is 0 Å². The zero-order valence-corrected chi connectivity index (χ0v) is 16.1. The molecule has 0 bridgehead atoms. The molecule has 148 valence electrons. The van der Waals surface area contributed by atoms with Crippen molar-refractivity contribution in [3.05, 3.63) is 59.5 Å². The Morgan fingerprint density at radius 3 is 2.68 bits per heavy atom. The van der Waals surface area contributed by atoms with Crippen molar-refractivity contribution >= 4 is 11.8 Å². The number of hydrogen-bond donors (Lipinski definition) is 2. The fourth-order valence-corrected chi connectivity index (χ4v) is 4.32. The molecule has 1 spiro atoms. The van der Waals surface area contributed by atoms with E-state index in [1.807, 2.05) is 6.92 Å². The van der Waals surface area contributed by atoms with E-state index < -0.39 is 6.04 Å². The lowest BCUT2D eigenvalue weighted by atomic mass is 9.77. The van der Waals surface area contributed by atoms with E-state index in [9.17, 15) is 9.59 Å². The molecule has 1 unspecified atom stereocenters. The van der Waals surface area contributed by atoms with E-state index in [1.165, 1.54) is 17.4 Å². The molecule has 1 aliphatic carbocycles. The van der Waals surface area contributed by atoms with Gasteiger partial charge in [-0.2, -0.15) is 0 Å². The van der Waals surface area contributed by atoms with Crippen LogP contribution in [0.5, 0.6) is 0 Å². The van der Waals surface area contributed by atoms with Crippen LogP contribution in [0.1, 0.15) is 60.7 Å². The molecule has 6 nitrogen and oxygen atoms in total. The summed E-state index contributed by atoms with van der Waals surface area (Å²) in [6.45, 7) is 2.55. The van der Waals surface area contributed by atoms with E-state index in [1.54, 1.807) is 12.1 Å².